The van der Waals surface area contributed by atoms with Gasteiger partial charge in [0.05, 0.1) is 13.2 Å². The number of hydrogen-bond donors (Lipinski definition) is 0. The van der Waals surface area contributed by atoms with Crippen molar-refractivity contribution in [1.82, 2.24) is 9.80 Å². The molecule has 2 aliphatic heterocycles. The van der Waals surface area contributed by atoms with E-state index in [1.54, 1.807) is 0 Å². The number of carbonyl (C=O) groups is 1. The first kappa shape index (κ1) is 17.4. The molecular weight excluding hydrogens is 304 g/mol. The first-order chi connectivity index (χ1) is 11.7. The van der Waals surface area contributed by atoms with Crippen LogP contribution in [0.3, 0.4) is 0 Å². The highest BCUT2D eigenvalue weighted by atomic mass is 16.7. The predicted molar refractivity (Wildman–Crippen MR) is 92.6 cm³/mol. The van der Waals surface area contributed by atoms with Gasteiger partial charge in [-0.05, 0) is 19.4 Å². The van der Waals surface area contributed by atoms with Crippen molar-refractivity contribution < 1.29 is 14.3 Å². The second kappa shape index (κ2) is 7.64. The van der Waals surface area contributed by atoms with Gasteiger partial charge < -0.3 is 14.4 Å². The van der Waals surface area contributed by atoms with E-state index in [4.69, 9.17) is 9.47 Å². The maximum atomic E-state index is 13.1. The average molecular weight is 332 g/mol. The van der Waals surface area contributed by atoms with Crippen LogP contribution in [-0.2, 0) is 14.3 Å². The van der Waals surface area contributed by atoms with Crippen molar-refractivity contribution in [2.45, 2.75) is 38.5 Å². The van der Waals surface area contributed by atoms with E-state index in [0.29, 0.717) is 13.2 Å². The molecule has 0 N–H and O–H groups in total. The monoisotopic (exact) mass is 332 g/mol. The Labute approximate surface area is 144 Å². The first-order valence-electron chi connectivity index (χ1n) is 9.05. The lowest BCUT2D eigenvalue weighted by Gasteiger charge is -2.41. The zero-order valence-electron chi connectivity index (χ0n) is 14.7. The lowest BCUT2D eigenvalue weighted by Crippen LogP contribution is -2.50. The molecule has 5 nitrogen and oxygen atoms in total. The van der Waals surface area contributed by atoms with Crippen LogP contribution in [0.15, 0.2) is 30.3 Å². The Morgan fingerprint density at radius 2 is 1.71 bits per heavy atom. The van der Waals surface area contributed by atoms with Crippen molar-refractivity contribution in [3.63, 3.8) is 0 Å². The van der Waals surface area contributed by atoms with Crippen molar-refractivity contribution in [2.24, 2.45) is 0 Å². The van der Waals surface area contributed by atoms with Gasteiger partial charge in [-0.15, -0.1) is 0 Å². The fourth-order valence-electron chi connectivity index (χ4n) is 3.76. The summed E-state index contributed by atoms with van der Waals surface area (Å²) in [4.78, 5) is 17.3. The highest BCUT2D eigenvalue weighted by Gasteiger charge is 2.42. The third-order valence-corrected chi connectivity index (χ3v) is 5.16. The maximum absolute atomic E-state index is 13.1. The van der Waals surface area contributed by atoms with Crippen LogP contribution in [-0.4, -0.2) is 60.9 Å². The highest BCUT2D eigenvalue weighted by molar-refractivity contribution is 5.83. The van der Waals surface area contributed by atoms with Gasteiger partial charge in [-0.25, -0.2) is 0 Å². The predicted octanol–water partition coefficient (Wildman–Crippen LogP) is 2.44. The fourth-order valence-corrected chi connectivity index (χ4v) is 3.76. The summed E-state index contributed by atoms with van der Waals surface area (Å²) in [7, 11) is 0. The smallest absolute Gasteiger partial charge is 0.244 e. The van der Waals surface area contributed by atoms with Gasteiger partial charge in [0.25, 0.3) is 0 Å². The Balaban J connectivity index is 1.79. The van der Waals surface area contributed by atoms with Crippen LogP contribution >= 0.6 is 0 Å². The number of piperidine rings is 1. The van der Waals surface area contributed by atoms with E-state index in [2.05, 4.69) is 17.0 Å². The largest absolute Gasteiger partial charge is 0.347 e. The molecule has 0 bridgehead atoms. The van der Waals surface area contributed by atoms with Gasteiger partial charge in [0, 0.05) is 39.0 Å². The summed E-state index contributed by atoms with van der Waals surface area (Å²) in [6.45, 7) is 8.54. The Morgan fingerprint density at radius 3 is 2.25 bits per heavy atom. The van der Waals surface area contributed by atoms with E-state index in [1.807, 2.05) is 36.9 Å². The van der Waals surface area contributed by atoms with Crippen molar-refractivity contribution in [1.29, 1.82) is 0 Å². The highest BCUT2D eigenvalue weighted by Crippen LogP contribution is 2.35. The minimum Gasteiger partial charge on any atom is -0.347 e. The van der Waals surface area contributed by atoms with E-state index in [9.17, 15) is 4.79 Å². The first-order valence-corrected chi connectivity index (χ1v) is 9.05. The molecule has 1 aromatic rings. The molecule has 0 aliphatic carbocycles. The van der Waals surface area contributed by atoms with Crippen LogP contribution in [0, 0.1) is 0 Å². The van der Waals surface area contributed by atoms with Crippen LogP contribution in [0.1, 0.15) is 38.3 Å². The Hall–Kier alpha value is -1.43. The minimum absolute atomic E-state index is 0.190. The normalized spacial score (nSPS) is 21.8. The maximum Gasteiger partial charge on any atom is 0.244 e. The van der Waals surface area contributed by atoms with E-state index < -0.39 is 5.79 Å². The molecule has 0 aromatic heterocycles. The number of carbonyl (C=O) groups excluding carboxylic acids is 1. The summed E-state index contributed by atoms with van der Waals surface area (Å²) >= 11 is 0. The van der Waals surface area contributed by atoms with Crippen molar-refractivity contribution in [2.75, 3.05) is 39.4 Å². The molecule has 0 saturated carbocycles. The minimum atomic E-state index is -0.407. The average Bonchev–Trinajstić information content (AvgIpc) is 3.07. The van der Waals surface area contributed by atoms with Gasteiger partial charge in [-0.3, -0.25) is 9.69 Å². The van der Waals surface area contributed by atoms with Crippen LogP contribution in [0.25, 0.3) is 0 Å². The second-order valence-electron chi connectivity index (χ2n) is 6.47. The molecule has 2 saturated heterocycles. The molecular formula is C19H28N2O3. The summed E-state index contributed by atoms with van der Waals surface area (Å²) in [5.41, 5.74) is 1.07. The third-order valence-electron chi connectivity index (χ3n) is 5.16. The number of ether oxygens (including phenoxy) is 2. The van der Waals surface area contributed by atoms with Gasteiger partial charge in [0.15, 0.2) is 5.79 Å². The third kappa shape index (κ3) is 3.48. The molecule has 24 heavy (non-hydrogen) atoms. The zero-order valence-corrected chi connectivity index (χ0v) is 14.7. The number of benzene rings is 1. The lowest BCUT2D eigenvalue weighted by molar-refractivity contribution is -0.189. The van der Waals surface area contributed by atoms with Crippen molar-refractivity contribution >= 4 is 5.91 Å². The molecule has 1 atom stereocenters. The van der Waals surface area contributed by atoms with Gasteiger partial charge >= 0.3 is 0 Å². The number of rotatable bonds is 5. The van der Waals surface area contributed by atoms with Gasteiger partial charge in [0.2, 0.25) is 5.91 Å². The molecule has 1 amide bonds. The molecule has 2 heterocycles. The van der Waals surface area contributed by atoms with Crippen LogP contribution in [0.4, 0.5) is 0 Å². The summed E-state index contributed by atoms with van der Waals surface area (Å²) in [6.07, 6.45) is 1.64. The van der Waals surface area contributed by atoms with Crippen LogP contribution < -0.4 is 0 Å². The zero-order chi connectivity index (χ0) is 17.0. The van der Waals surface area contributed by atoms with E-state index in [0.717, 1.165) is 44.6 Å². The molecule has 2 aliphatic rings. The van der Waals surface area contributed by atoms with Gasteiger partial charge in [-0.1, -0.05) is 30.3 Å². The second-order valence-corrected chi connectivity index (χ2v) is 6.47. The van der Waals surface area contributed by atoms with Gasteiger partial charge in [0.1, 0.15) is 6.04 Å². The molecule has 1 aromatic carbocycles. The number of nitrogens with zero attached hydrogens (tertiary/aromatic N) is 2. The molecule has 3 rings (SSSR count). The molecule has 5 heteroatoms. The molecule has 2 fully saturated rings. The number of hydrogen-bond acceptors (Lipinski definition) is 4. The molecule has 0 radical (unpaired) electrons. The van der Waals surface area contributed by atoms with Crippen LogP contribution in [0.5, 0.6) is 0 Å². The topological polar surface area (TPSA) is 42.0 Å². The lowest BCUT2D eigenvalue weighted by atomic mass is 9.97. The quantitative estimate of drug-likeness (QED) is 0.830. The number of likely N-dealkylation sites (N-methyl/N-ethyl adjacent to an activating group) is 1. The van der Waals surface area contributed by atoms with E-state index in [1.165, 1.54) is 0 Å². The summed E-state index contributed by atoms with van der Waals surface area (Å²) in [5, 5.41) is 0. The standard InChI is InChI=1S/C19H28N2O3/c1-3-20(4-2)18(22)17(16-8-6-5-7-9-16)21-12-10-19(11-13-21)23-14-15-24-19/h5-9,17H,3-4,10-15H2,1-2H3. The number of amides is 1. The Morgan fingerprint density at radius 1 is 1.12 bits per heavy atom. The number of likely N-dealkylation sites (tertiary alicyclic amines) is 1. The molecule has 1 unspecified atom stereocenters. The summed E-state index contributed by atoms with van der Waals surface area (Å²) < 4.78 is 11.6. The van der Waals surface area contributed by atoms with E-state index >= 15 is 0 Å². The summed E-state index contributed by atoms with van der Waals surface area (Å²) in [5.74, 6) is -0.217. The Bertz CT molecular complexity index is 529. The SMILES string of the molecule is CCN(CC)C(=O)C(c1ccccc1)N1CCC2(CC1)OCCO2. The Kier molecular flexibility index (Phi) is 5.54. The molecule has 132 valence electrons. The summed E-state index contributed by atoms with van der Waals surface area (Å²) in [6, 6.07) is 9.90. The van der Waals surface area contributed by atoms with E-state index in [-0.39, 0.29) is 11.9 Å². The van der Waals surface area contributed by atoms with Crippen molar-refractivity contribution in [3.8, 4) is 0 Å². The van der Waals surface area contributed by atoms with Crippen molar-refractivity contribution in [3.05, 3.63) is 35.9 Å². The van der Waals surface area contributed by atoms with Crippen LogP contribution in [0.2, 0.25) is 0 Å². The molecule has 1 spiro atoms. The fraction of sp³-hybridized carbons (Fsp3) is 0.632. The van der Waals surface area contributed by atoms with Gasteiger partial charge in [-0.2, -0.15) is 0 Å².